The molecule has 0 amide bonds. The molecule has 0 radical (unpaired) electrons. The van der Waals surface area contributed by atoms with Gasteiger partial charge >= 0.3 is 0 Å². The number of hydrogen-bond acceptors (Lipinski definition) is 1. The van der Waals surface area contributed by atoms with Crippen molar-refractivity contribution in [2.45, 2.75) is 0 Å². The van der Waals surface area contributed by atoms with Crippen LogP contribution in [0.15, 0.2) is 206 Å². The van der Waals surface area contributed by atoms with Gasteiger partial charge in [0.05, 0.1) is 11.0 Å². The highest BCUT2D eigenvalue weighted by molar-refractivity contribution is 6.23. The van der Waals surface area contributed by atoms with Crippen molar-refractivity contribution >= 4 is 70.5 Å². The van der Waals surface area contributed by atoms with Crippen LogP contribution in [0.3, 0.4) is 0 Å². The molecule has 0 N–H and O–H groups in total. The zero-order valence-electron chi connectivity index (χ0n) is 31.0. The molecule has 2 heteroatoms. The van der Waals surface area contributed by atoms with Gasteiger partial charge in [-0.3, -0.25) is 4.40 Å². The van der Waals surface area contributed by atoms with E-state index in [9.17, 15) is 0 Å². The standard InChI is InChI=1S/C55H34N2/c1-2-16-37(17-3-1)50-43-20-8-10-22-45(43)51(46-23-11-9-21-44(46)50)42-30-31-49-56-54-52(40-28-26-35-14-4-6-18-38(35)32-40)47-24-12-13-25-48(47)53(55(54)57(49)34-42)41-29-27-36-15-5-7-19-39(36)33-41/h1-34H. The van der Waals surface area contributed by atoms with Gasteiger partial charge in [0.1, 0.15) is 5.65 Å². The van der Waals surface area contributed by atoms with E-state index in [1.807, 2.05) is 0 Å². The molecular weight excluding hydrogens is 689 g/mol. The Bertz CT molecular complexity index is 3520. The molecule has 0 aliphatic carbocycles. The average molecular weight is 723 g/mol. The first kappa shape index (κ1) is 31.8. The zero-order valence-corrected chi connectivity index (χ0v) is 31.0. The fourth-order valence-electron chi connectivity index (χ4n) is 9.41. The van der Waals surface area contributed by atoms with Crippen molar-refractivity contribution in [3.05, 3.63) is 206 Å². The number of pyridine rings is 1. The fourth-order valence-corrected chi connectivity index (χ4v) is 9.41. The molecule has 57 heavy (non-hydrogen) atoms. The van der Waals surface area contributed by atoms with Crippen LogP contribution in [0, 0.1) is 0 Å². The van der Waals surface area contributed by atoms with Gasteiger partial charge in [-0.25, -0.2) is 4.98 Å². The molecule has 0 spiro atoms. The molecular formula is C55H34N2. The maximum absolute atomic E-state index is 5.55. The van der Waals surface area contributed by atoms with E-state index in [1.165, 1.54) is 81.7 Å². The first-order valence-corrected chi connectivity index (χ1v) is 19.6. The van der Waals surface area contributed by atoms with Crippen LogP contribution < -0.4 is 0 Å². The summed E-state index contributed by atoms with van der Waals surface area (Å²) in [4.78, 5) is 5.55. The summed E-state index contributed by atoms with van der Waals surface area (Å²) in [6, 6.07) is 72.9. The van der Waals surface area contributed by atoms with Crippen LogP contribution in [0.2, 0.25) is 0 Å². The van der Waals surface area contributed by atoms with Gasteiger partial charge in [0, 0.05) is 17.3 Å². The number of hydrogen-bond donors (Lipinski definition) is 0. The lowest BCUT2D eigenvalue weighted by Gasteiger charge is -2.18. The van der Waals surface area contributed by atoms with E-state index < -0.39 is 0 Å². The third-order valence-electron chi connectivity index (χ3n) is 11.9. The molecule has 12 aromatic rings. The van der Waals surface area contributed by atoms with Crippen molar-refractivity contribution in [2.75, 3.05) is 0 Å². The first-order chi connectivity index (χ1) is 28.3. The lowest BCUT2D eigenvalue weighted by molar-refractivity contribution is 1.23. The number of nitrogens with zero attached hydrogens (tertiary/aromatic N) is 2. The molecule has 10 aromatic carbocycles. The van der Waals surface area contributed by atoms with Crippen LogP contribution in [-0.4, -0.2) is 9.38 Å². The first-order valence-electron chi connectivity index (χ1n) is 19.6. The molecule has 0 aliphatic heterocycles. The van der Waals surface area contributed by atoms with Crippen LogP contribution in [0.25, 0.3) is 115 Å². The summed E-state index contributed by atoms with van der Waals surface area (Å²) in [6.07, 6.45) is 2.34. The van der Waals surface area contributed by atoms with E-state index in [2.05, 4.69) is 211 Å². The minimum absolute atomic E-state index is 0.919. The van der Waals surface area contributed by atoms with E-state index in [0.717, 1.165) is 33.4 Å². The van der Waals surface area contributed by atoms with Crippen molar-refractivity contribution in [1.29, 1.82) is 0 Å². The van der Waals surface area contributed by atoms with Crippen molar-refractivity contribution in [2.24, 2.45) is 0 Å². The third-order valence-corrected chi connectivity index (χ3v) is 11.9. The van der Waals surface area contributed by atoms with Crippen LogP contribution in [0.1, 0.15) is 0 Å². The molecule has 0 saturated carbocycles. The highest BCUT2D eigenvalue weighted by atomic mass is 15.0. The van der Waals surface area contributed by atoms with E-state index >= 15 is 0 Å². The summed E-state index contributed by atoms with van der Waals surface area (Å²) in [6.45, 7) is 0. The van der Waals surface area contributed by atoms with Gasteiger partial charge in [-0.05, 0) is 112 Å². The van der Waals surface area contributed by atoms with Crippen molar-refractivity contribution in [3.8, 4) is 44.5 Å². The molecule has 0 saturated heterocycles. The molecule has 0 bridgehead atoms. The summed E-state index contributed by atoms with van der Waals surface area (Å²) < 4.78 is 2.36. The van der Waals surface area contributed by atoms with Crippen LogP contribution in [0.4, 0.5) is 0 Å². The average Bonchev–Trinajstić information content (AvgIpc) is 3.65. The SMILES string of the molecule is c1ccc(-c2c3ccccc3c(-c3ccc4nc5c(-c6ccc7ccccc7c6)c6ccccc6c(-c6ccc7ccccc7c6)c5n4c3)c3ccccc23)cc1. The summed E-state index contributed by atoms with van der Waals surface area (Å²) in [7, 11) is 0. The third kappa shape index (κ3) is 4.87. The van der Waals surface area contributed by atoms with Gasteiger partial charge in [-0.1, -0.05) is 176 Å². The molecule has 2 heterocycles. The number of aromatic nitrogens is 2. The Hall–Kier alpha value is -7.55. The molecule has 12 rings (SSSR count). The molecule has 0 atom stereocenters. The van der Waals surface area contributed by atoms with E-state index in [-0.39, 0.29) is 0 Å². The molecule has 264 valence electrons. The van der Waals surface area contributed by atoms with Gasteiger partial charge in [0.25, 0.3) is 0 Å². The second-order valence-electron chi connectivity index (χ2n) is 15.1. The Morgan fingerprint density at radius 2 is 0.719 bits per heavy atom. The topological polar surface area (TPSA) is 17.3 Å². The van der Waals surface area contributed by atoms with Crippen molar-refractivity contribution in [1.82, 2.24) is 9.38 Å². The molecule has 0 aliphatic rings. The molecule has 0 unspecified atom stereocenters. The summed E-state index contributed by atoms with van der Waals surface area (Å²) in [5, 5.41) is 12.3. The number of rotatable bonds is 4. The Balaban J connectivity index is 1.22. The predicted molar refractivity (Wildman–Crippen MR) is 242 cm³/mol. The van der Waals surface area contributed by atoms with Gasteiger partial charge in [-0.2, -0.15) is 0 Å². The van der Waals surface area contributed by atoms with Gasteiger partial charge < -0.3 is 0 Å². The van der Waals surface area contributed by atoms with Crippen LogP contribution in [0.5, 0.6) is 0 Å². The minimum atomic E-state index is 0.919. The zero-order chi connectivity index (χ0) is 37.5. The van der Waals surface area contributed by atoms with Crippen molar-refractivity contribution in [3.63, 3.8) is 0 Å². The quantitative estimate of drug-likeness (QED) is 0.165. The van der Waals surface area contributed by atoms with E-state index in [0.29, 0.717) is 0 Å². The van der Waals surface area contributed by atoms with Crippen molar-refractivity contribution < 1.29 is 0 Å². The minimum Gasteiger partial charge on any atom is -0.298 e. The largest absolute Gasteiger partial charge is 0.298 e. The van der Waals surface area contributed by atoms with Gasteiger partial charge in [0.15, 0.2) is 0 Å². The van der Waals surface area contributed by atoms with E-state index in [4.69, 9.17) is 4.98 Å². The maximum atomic E-state index is 5.55. The fraction of sp³-hybridized carbons (Fsp3) is 0. The van der Waals surface area contributed by atoms with Crippen LogP contribution >= 0.6 is 0 Å². The second-order valence-corrected chi connectivity index (χ2v) is 15.1. The molecule has 0 fully saturated rings. The molecule has 2 nitrogen and oxygen atoms in total. The number of imidazole rings is 1. The Kier molecular flexibility index (Phi) is 6.96. The Labute approximate surface area is 329 Å². The normalized spacial score (nSPS) is 11.9. The van der Waals surface area contributed by atoms with Gasteiger partial charge in [-0.15, -0.1) is 0 Å². The van der Waals surface area contributed by atoms with Crippen LogP contribution in [-0.2, 0) is 0 Å². The maximum Gasteiger partial charge on any atom is 0.137 e. The smallest absolute Gasteiger partial charge is 0.137 e. The summed E-state index contributed by atoms with van der Waals surface area (Å²) >= 11 is 0. The Morgan fingerprint density at radius 3 is 1.28 bits per heavy atom. The highest BCUT2D eigenvalue weighted by Gasteiger charge is 2.23. The Morgan fingerprint density at radius 1 is 0.298 bits per heavy atom. The lowest BCUT2D eigenvalue weighted by Crippen LogP contribution is -1.94. The monoisotopic (exact) mass is 722 g/mol. The summed E-state index contributed by atoms with van der Waals surface area (Å²) in [5.74, 6) is 0. The number of fused-ring (bicyclic) bond motifs is 8. The number of benzene rings is 10. The molecule has 2 aromatic heterocycles. The predicted octanol–water partition coefficient (Wildman–Crippen LogP) is 14.9. The second kappa shape index (κ2) is 12.5. The van der Waals surface area contributed by atoms with Gasteiger partial charge in [0.2, 0.25) is 0 Å². The summed E-state index contributed by atoms with van der Waals surface area (Å²) in [5.41, 5.74) is 12.6. The van der Waals surface area contributed by atoms with E-state index in [1.54, 1.807) is 0 Å². The lowest BCUT2D eigenvalue weighted by atomic mass is 9.86. The highest BCUT2D eigenvalue weighted by Crippen LogP contribution is 2.47.